The number of halogens is 3. The first kappa shape index (κ1) is 10.4. The number of benzene rings is 1. The first-order valence-corrected chi connectivity index (χ1v) is 5.06. The molecule has 0 aliphatic heterocycles. The summed E-state index contributed by atoms with van der Waals surface area (Å²) in [5, 5.41) is 0. The Morgan fingerprint density at radius 1 is 1.50 bits per heavy atom. The van der Waals surface area contributed by atoms with E-state index in [0.717, 1.165) is 10.0 Å². The lowest BCUT2D eigenvalue weighted by atomic mass is 10.1. The second kappa shape index (κ2) is 3.99. The van der Waals surface area contributed by atoms with Crippen molar-refractivity contribution in [2.45, 2.75) is 17.7 Å². The Morgan fingerprint density at radius 2 is 2.17 bits per heavy atom. The lowest BCUT2D eigenvalue weighted by Gasteiger charge is -2.12. The Hall–Kier alpha value is 0.280. The third-order valence-corrected chi connectivity index (χ3v) is 2.05. The maximum Gasteiger partial charge on any atom is 0.119 e. The van der Waals surface area contributed by atoms with E-state index >= 15 is 0 Å². The molecule has 0 unspecified atom stereocenters. The van der Waals surface area contributed by atoms with Crippen LogP contribution in [0.1, 0.15) is 12.5 Å². The van der Waals surface area contributed by atoms with E-state index in [0.29, 0.717) is 6.42 Å². The van der Waals surface area contributed by atoms with Crippen molar-refractivity contribution < 1.29 is 0 Å². The monoisotopic (exact) mass is 265 g/mol. The smallest absolute Gasteiger partial charge is 0.102 e. The Bertz CT molecular complexity index is 265. The maximum absolute atomic E-state index is 5.86. The van der Waals surface area contributed by atoms with Crippen LogP contribution in [0.2, 0.25) is 0 Å². The summed E-state index contributed by atoms with van der Waals surface area (Å²) in [5.41, 5.74) is 1.08. The van der Waals surface area contributed by atoms with E-state index < -0.39 is 4.33 Å². The molecule has 1 rings (SSSR count). The van der Waals surface area contributed by atoms with Gasteiger partial charge in [0.1, 0.15) is 4.33 Å². The van der Waals surface area contributed by atoms with Crippen LogP contribution in [0, 0.1) is 6.07 Å². The van der Waals surface area contributed by atoms with Gasteiger partial charge in [-0.1, -0.05) is 22.0 Å². The third kappa shape index (κ3) is 3.79. The van der Waals surface area contributed by atoms with Gasteiger partial charge in [0.25, 0.3) is 0 Å². The molecule has 0 nitrogen and oxygen atoms in total. The van der Waals surface area contributed by atoms with Crippen LogP contribution in [-0.4, -0.2) is 4.33 Å². The van der Waals surface area contributed by atoms with Gasteiger partial charge in [0.05, 0.1) is 0 Å². The second-order valence-electron chi connectivity index (χ2n) is 2.81. The minimum Gasteiger partial charge on any atom is -0.102 e. The average Bonchev–Trinajstić information content (AvgIpc) is 1.82. The highest BCUT2D eigenvalue weighted by molar-refractivity contribution is 9.10. The SMILES string of the molecule is CC(Cl)(Cl)Cc1c[c]cc(Br)c1. The molecule has 0 N–H and O–H groups in total. The van der Waals surface area contributed by atoms with Crippen molar-refractivity contribution in [1.29, 1.82) is 0 Å². The zero-order chi connectivity index (χ0) is 9.19. The summed E-state index contributed by atoms with van der Waals surface area (Å²) >= 11 is 15.1. The molecular weight excluding hydrogens is 259 g/mol. The number of alkyl halides is 2. The molecule has 1 aromatic carbocycles. The molecule has 12 heavy (non-hydrogen) atoms. The first-order valence-electron chi connectivity index (χ1n) is 3.51. The van der Waals surface area contributed by atoms with Crippen LogP contribution >= 0.6 is 39.1 Å². The number of rotatable bonds is 2. The highest BCUT2D eigenvalue weighted by Crippen LogP contribution is 2.25. The van der Waals surface area contributed by atoms with Crippen LogP contribution in [0.25, 0.3) is 0 Å². The molecule has 0 amide bonds. The molecule has 0 fully saturated rings. The summed E-state index contributed by atoms with van der Waals surface area (Å²) in [6.07, 6.45) is 0.631. The van der Waals surface area contributed by atoms with Crippen molar-refractivity contribution in [2.75, 3.05) is 0 Å². The summed E-state index contributed by atoms with van der Waals surface area (Å²) < 4.78 is 0.298. The van der Waals surface area contributed by atoms with Crippen LogP contribution in [-0.2, 0) is 6.42 Å². The van der Waals surface area contributed by atoms with E-state index in [9.17, 15) is 0 Å². The summed E-state index contributed by atoms with van der Waals surface area (Å²) in [5.74, 6) is 0. The lowest BCUT2D eigenvalue weighted by molar-refractivity contribution is 0.853. The highest BCUT2D eigenvalue weighted by atomic mass is 79.9. The van der Waals surface area contributed by atoms with Gasteiger partial charge in [0, 0.05) is 10.9 Å². The predicted octanol–water partition coefficient (Wildman–Crippen LogP) is 3.99. The van der Waals surface area contributed by atoms with E-state index in [1.807, 2.05) is 18.2 Å². The lowest BCUT2D eigenvalue weighted by Crippen LogP contribution is -2.10. The fourth-order valence-electron chi connectivity index (χ4n) is 0.949. The van der Waals surface area contributed by atoms with Crippen molar-refractivity contribution >= 4 is 39.1 Å². The van der Waals surface area contributed by atoms with Gasteiger partial charge in [0.15, 0.2) is 0 Å². The van der Waals surface area contributed by atoms with Crippen molar-refractivity contribution in [3.8, 4) is 0 Å². The van der Waals surface area contributed by atoms with E-state index in [1.165, 1.54) is 0 Å². The van der Waals surface area contributed by atoms with Crippen molar-refractivity contribution in [2.24, 2.45) is 0 Å². The Labute approximate surface area is 91.0 Å². The molecule has 0 bridgehead atoms. The molecule has 0 saturated heterocycles. The first-order chi connectivity index (χ1) is 5.47. The Balaban J connectivity index is 2.77. The minimum absolute atomic E-state index is 0.631. The fourth-order valence-corrected chi connectivity index (χ4v) is 1.68. The van der Waals surface area contributed by atoms with Crippen LogP contribution in [0.4, 0.5) is 0 Å². The highest BCUT2D eigenvalue weighted by Gasteiger charge is 2.16. The van der Waals surface area contributed by atoms with Gasteiger partial charge in [-0.15, -0.1) is 23.2 Å². The van der Waals surface area contributed by atoms with Crippen molar-refractivity contribution in [3.63, 3.8) is 0 Å². The van der Waals surface area contributed by atoms with Crippen LogP contribution < -0.4 is 0 Å². The molecule has 0 aliphatic rings. The molecule has 0 aliphatic carbocycles. The largest absolute Gasteiger partial charge is 0.119 e. The molecule has 1 radical (unpaired) electrons. The fraction of sp³-hybridized carbons (Fsp3) is 0.333. The van der Waals surface area contributed by atoms with Gasteiger partial charge < -0.3 is 0 Å². The zero-order valence-corrected chi connectivity index (χ0v) is 9.67. The Morgan fingerprint density at radius 3 is 2.67 bits per heavy atom. The van der Waals surface area contributed by atoms with Gasteiger partial charge in [0.2, 0.25) is 0 Å². The standard InChI is InChI=1S/C9H8BrCl2/c1-9(11,12)6-7-3-2-4-8(10)5-7/h3-5H,6H2,1H3. The van der Waals surface area contributed by atoms with Gasteiger partial charge >= 0.3 is 0 Å². The molecule has 0 atom stereocenters. The Kier molecular flexibility index (Phi) is 3.45. The second-order valence-corrected chi connectivity index (χ2v) is 5.58. The van der Waals surface area contributed by atoms with Crippen LogP contribution in [0.5, 0.6) is 0 Å². The summed E-state index contributed by atoms with van der Waals surface area (Å²) in [6, 6.07) is 8.71. The topological polar surface area (TPSA) is 0 Å². The van der Waals surface area contributed by atoms with Crippen molar-refractivity contribution in [1.82, 2.24) is 0 Å². The minimum atomic E-state index is -0.700. The predicted molar refractivity (Wildman–Crippen MR) is 56.8 cm³/mol. The summed E-state index contributed by atoms with van der Waals surface area (Å²) in [4.78, 5) is 0. The maximum atomic E-state index is 5.86. The van der Waals surface area contributed by atoms with Gasteiger partial charge in [-0.3, -0.25) is 0 Å². The number of hydrogen-bond donors (Lipinski definition) is 0. The molecule has 0 spiro atoms. The van der Waals surface area contributed by atoms with Gasteiger partial charge in [-0.05, 0) is 30.7 Å². The molecule has 0 saturated carbocycles. The third-order valence-electron chi connectivity index (χ3n) is 1.33. The summed E-state index contributed by atoms with van der Waals surface area (Å²) in [7, 11) is 0. The van der Waals surface area contributed by atoms with E-state index in [1.54, 1.807) is 6.92 Å². The molecule has 3 heteroatoms. The molecule has 0 aromatic heterocycles. The summed E-state index contributed by atoms with van der Waals surface area (Å²) in [6.45, 7) is 1.77. The quantitative estimate of drug-likeness (QED) is 0.711. The molecule has 0 heterocycles. The molecule has 1 aromatic rings. The van der Waals surface area contributed by atoms with Gasteiger partial charge in [-0.25, -0.2) is 0 Å². The normalized spacial score (nSPS) is 11.7. The molecular formula is C9H8BrCl2. The van der Waals surface area contributed by atoms with Crippen LogP contribution in [0.3, 0.4) is 0 Å². The number of hydrogen-bond acceptors (Lipinski definition) is 0. The van der Waals surface area contributed by atoms with E-state index in [2.05, 4.69) is 22.0 Å². The van der Waals surface area contributed by atoms with E-state index in [-0.39, 0.29) is 0 Å². The van der Waals surface area contributed by atoms with Crippen LogP contribution in [0.15, 0.2) is 22.7 Å². The zero-order valence-electron chi connectivity index (χ0n) is 6.57. The average molecular weight is 267 g/mol. The molecule has 65 valence electrons. The van der Waals surface area contributed by atoms with E-state index in [4.69, 9.17) is 23.2 Å². The van der Waals surface area contributed by atoms with Gasteiger partial charge in [-0.2, -0.15) is 0 Å². The van der Waals surface area contributed by atoms with Crippen molar-refractivity contribution in [3.05, 3.63) is 34.3 Å².